The molecule has 1 aromatic heterocycles. The highest BCUT2D eigenvalue weighted by atomic mass is 16.2. The smallest absolute Gasteiger partial charge is 0.147 e. The maximum Gasteiger partial charge on any atom is 0.147 e. The molecule has 72 valence electrons. The molecule has 0 N–H and O–H groups in total. The van der Waals surface area contributed by atoms with E-state index in [1.165, 1.54) is 0 Å². The zero-order valence-electron chi connectivity index (χ0n) is 7.77. The highest BCUT2D eigenvalue weighted by Crippen LogP contribution is 2.26. The van der Waals surface area contributed by atoms with Gasteiger partial charge in [0.1, 0.15) is 17.5 Å². The van der Waals surface area contributed by atoms with Crippen LogP contribution >= 0.6 is 0 Å². The molecule has 2 rings (SSSR count). The van der Waals surface area contributed by atoms with Crippen molar-refractivity contribution >= 4 is 11.6 Å². The number of hydrogen-bond acceptors (Lipinski definition) is 3. The van der Waals surface area contributed by atoms with Gasteiger partial charge in [-0.25, -0.2) is 0 Å². The van der Waals surface area contributed by atoms with Gasteiger partial charge in [-0.1, -0.05) is 0 Å². The van der Waals surface area contributed by atoms with Crippen LogP contribution in [0, 0.1) is 0 Å². The molecule has 0 unspecified atom stereocenters. The minimum absolute atomic E-state index is 0.0486. The molecule has 1 fully saturated rings. The SMILES string of the molecule is O=C1CCCC(=O)C1c1ccncc1. The summed E-state index contributed by atoms with van der Waals surface area (Å²) in [4.78, 5) is 27.0. The molecule has 1 aliphatic rings. The second-order valence-electron chi connectivity index (χ2n) is 3.50. The van der Waals surface area contributed by atoms with Crippen molar-refractivity contribution in [2.75, 3.05) is 0 Å². The van der Waals surface area contributed by atoms with Crippen molar-refractivity contribution < 1.29 is 9.59 Å². The van der Waals surface area contributed by atoms with Gasteiger partial charge >= 0.3 is 0 Å². The maximum atomic E-state index is 11.6. The Labute approximate surface area is 82.2 Å². The molecule has 0 radical (unpaired) electrons. The number of nitrogens with zero attached hydrogens (tertiary/aromatic N) is 1. The van der Waals surface area contributed by atoms with E-state index < -0.39 is 5.92 Å². The first-order chi connectivity index (χ1) is 6.79. The van der Waals surface area contributed by atoms with Gasteiger partial charge < -0.3 is 0 Å². The van der Waals surface area contributed by atoms with Crippen molar-refractivity contribution in [3.63, 3.8) is 0 Å². The van der Waals surface area contributed by atoms with E-state index in [0.717, 1.165) is 5.56 Å². The Hall–Kier alpha value is -1.51. The number of rotatable bonds is 1. The normalized spacial score (nSPS) is 18.6. The lowest BCUT2D eigenvalue weighted by molar-refractivity contribution is -0.131. The Morgan fingerprint density at radius 2 is 1.64 bits per heavy atom. The molecule has 0 spiro atoms. The predicted octanol–water partition coefficient (Wildman–Crippen LogP) is 1.49. The van der Waals surface area contributed by atoms with Gasteiger partial charge in [0.25, 0.3) is 0 Å². The Morgan fingerprint density at radius 1 is 1.07 bits per heavy atom. The zero-order valence-corrected chi connectivity index (χ0v) is 7.77. The van der Waals surface area contributed by atoms with E-state index in [0.29, 0.717) is 19.3 Å². The van der Waals surface area contributed by atoms with Crippen molar-refractivity contribution in [2.24, 2.45) is 0 Å². The molecular weight excluding hydrogens is 178 g/mol. The molecule has 0 saturated heterocycles. The van der Waals surface area contributed by atoms with E-state index >= 15 is 0 Å². The Bertz CT molecular complexity index is 343. The van der Waals surface area contributed by atoms with Crippen LogP contribution in [0.2, 0.25) is 0 Å². The molecule has 3 nitrogen and oxygen atoms in total. The molecular formula is C11H11NO2. The number of aromatic nitrogens is 1. The maximum absolute atomic E-state index is 11.6. The van der Waals surface area contributed by atoms with Gasteiger partial charge in [0.2, 0.25) is 0 Å². The summed E-state index contributed by atoms with van der Waals surface area (Å²) < 4.78 is 0. The summed E-state index contributed by atoms with van der Waals surface area (Å²) >= 11 is 0. The van der Waals surface area contributed by atoms with E-state index in [1.54, 1.807) is 24.5 Å². The van der Waals surface area contributed by atoms with Gasteiger partial charge in [0, 0.05) is 25.2 Å². The average Bonchev–Trinajstić information content (AvgIpc) is 2.19. The quantitative estimate of drug-likeness (QED) is 0.629. The fourth-order valence-corrected chi connectivity index (χ4v) is 1.83. The minimum Gasteiger partial charge on any atom is -0.299 e. The van der Waals surface area contributed by atoms with E-state index in [9.17, 15) is 9.59 Å². The average molecular weight is 189 g/mol. The van der Waals surface area contributed by atoms with Gasteiger partial charge in [-0.05, 0) is 24.1 Å². The lowest BCUT2D eigenvalue weighted by Gasteiger charge is -2.19. The molecule has 0 aliphatic heterocycles. The van der Waals surface area contributed by atoms with Crippen molar-refractivity contribution in [3.8, 4) is 0 Å². The number of carbonyl (C=O) groups excluding carboxylic acids is 2. The van der Waals surface area contributed by atoms with E-state index in [4.69, 9.17) is 0 Å². The third-order valence-corrected chi connectivity index (χ3v) is 2.53. The van der Waals surface area contributed by atoms with Crippen molar-refractivity contribution in [2.45, 2.75) is 25.2 Å². The first-order valence-corrected chi connectivity index (χ1v) is 4.74. The number of hydrogen-bond donors (Lipinski definition) is 0. The summed E-state index contributed by atoms with van der Waals surface area (Å²) in [6, 6.07) is 3.48. The number of pyridine rings is 1. The van der Waals surface area contributed by atoms with Gasteiger partial charge in [0.05, 0.1) is 0 Å². The van der Waals surface area contributed by atoms with Crippen LogP contribution in [0.15, 0.2) is 24.5 Å². The van der Waals surface area contributed by atoms with E-state index in [1.807, 2.05) is 0 Å². The fraction of sp³-hybridized carbons (Fsp3) is 0.364. The van der Waals surface area contributed by atoms with Crippen LogP contribution in [-0.4, -0.2) is 16.6 Å². The van der Waals surface area contributed by atoms with E-state index in [2.05, 4.69) is 4.98 Å². The van der Waals surface area contributed by atoms with Crippen LogP contribution in [0.25, 0.3) is 0 Å². The number of ketones is 2. The Kier molecular flexibility index (Phi) is 2.39. The third kappa shape index (κ3) is 1.58. The van der Waals surface area contributed by atoms with Gasteiger partial charge in [0.15, 0.2) is 0 Å². The second-order valence-corrected chi connectivity index (χ2v) is 3.50. The lowest BCUT2D eigenvalue weighted by Crippen LogP contribution is -2.26. The minimum atomic E-state index is -0.522. The molecule has 1 saturated carbocycles. The lowest BCUT2D eigenvalue weighted by atomic mass is 9.82. The summed E-state index contributed by atoms with van der Waals surface area (Å²) in [5.74, 6) is -0.424. The number of carbonyl (C=O) groups is 2. The standard InChI is InChI=1S/C11H11NO2/c13-9-2-1-3-10(14)11(9)8-4-6-12-7-5-8/h4-7,11H,1-3H2. The molecule has 0 bridgehead atoms. The van der Waals surface area contributed by atoms with Crippen molar-refractivity contribution in [3.05, 3.63) is 30.1 Å². The molecule has 1 aliphatic carbocycles. The first kappa shape index (κ1) is 9.06. The van der Waals surface area contributed by atoms with Crippen LogP contribution in [0.3, 0.4) is 0 Å². The molecule has 0 atom stereocenters. The zero-order chi connectivity index (χ0) is 9.97. The highest BCUT2D eigenvalue weighted by molar-refractivity contribution is 6.09. The summed E-state index contributed by atoms with van der Waals surface area (Å²) in [6.45, 7) is 0. The fourth-order valence-electron chi connectivity index (χ4n) is 1.83. The largest absolute Gasteiger partial charge is 0.299 e. The predicted molar refractivity (Wildman–Crippen MR) is 50.8 cm³/mol. The van der Waals surface area contributed by atoms with Gasteiger partial charge in [-0.2, -0.15) is 0 Å². The molecule has 0 aromatic carbocycles. The molecule has 0 amide bonds. The van der Waals surface area contributed by atoms with Gasteiger partial charge in [-0.3, -0.25) is 14.6 Å². The second kappa shape index (κ2) is 3.70. The highest BCUT2D eigenvalue weighted by Gasteiger charge is 2.30. The summed E-state index contributed by atoms with van der Waals surface area (Å²) in [7, 11) is 0. The van der Waals surface area contributed by atoms with Crippen LogP contribution < -0.4 is 0 Å². The topological polar surface area (TPSA) is 47.0 Å². The van der Waals surface area contributed by atoms with Crippen LogP contribution in [0.1, 0.15) is 30.7 Å². The Morgan fingerprint density at radius 3 is 2.21 bits per heavy atom. The number of Topliss-reactive ketones (excluding diaryl/α,β-unsaturated/α-hetero) is 2. The van der Waals surface area contributed by atoms with Gasteiger partial charge in [-0.15, -0.1) is 0 Å². The summed E-state index contributed by atoms with van der Waals surface area (Å²) in [6.07, 6.45) is 4.99. The van der Waals surface area contributed by atoms with Crippen molar-refractivity contribution in [1.29, 1.82) is 0 Å². The monoisotopic (exact) mass is 189 g/mol. The first-order valence-electron chi connectivity index (χ1n) is 4.74. The molecule has 3 heteroatoms. The summed E-state index contributed by atoms with van der Waals surface area (Å²) in [5.41, 5.74) is 0.787. The summed E-state index contributed by atoms with van der Waals surface area (Å²) in [5, 5.41) is 0. The Balaban J connectivity index is 2.32. The van der Waals surface area contributed by atoms with E-state index in [-0.39, 0.29) is 11.6 Å². The molecule has 1 heterocycles. The molecule has 14 heavy (non-hydrogen) atoms. The van der Waals surface area contributed by atoms with Crippen LogP contribution in [0.4, 0.5) is 0 Å². The van der Waals surface area contributed by atoms with Crippen LogP contribution in [0.5, 0.6) is 0 Å². The third-order valence-electron chi connectivity index (χ3n) is 2.53. The molecule has 1 aromatic rings. The van der Waals surface area contributed by atoms with Crippen LogP contribution in [-0.2, 0) is 9.59 Å². The van der Waals surface area contributed by atoms with Crippen molar-refractivity contribution in [1.82, 2.24) is 4.98 Å².